The maximum atomic E-state index is 12.3. The first-order valence-corrected chi connectivity index (χ1v) is 6.55. The third-order valence-electron chi connectivity index (χ3n) is 3.08. The molecule has 2 aromatic carbocycles. The number of aryl methyl sites for hydroxylation is 1. The number of hydrogen-bond donors (Lipinski definition) is 0. The van der Waals surface area contributed by atoms with E-state index in [2.05, 4.69) is 0 Å². The van der Waals surface area contributed by atoms with E-state index >= 15 is 0 Å². The largest absolute Gasteiger partial charge is 0.494 e. The fourth-order valence-corrected chi connectivity index (χ4v) is 2.01. The van der Waals surface area contributed by atoms with E-state index in [1.807, 2.05) is 13.8 Å². The van der Waals surface area contributed by atoms with Crippen LogP contribution < -0.4 is 4.74 Å². The van der Waals surface area contributed by atoms with Crippen molar-refractivity contribution in [1.29, 1.82) is 0 Å². The molecule has 0 heterocycles. The molecule has 5 heteroatoms. The van der Waals surface area contributed by atoms with Crippen molar-refractivity contribution in [2.24, 2.45) is 0 Å². The second-order valence-corrected chi connectivity index (χ2v) is 4.55. The summed E-state index contributed by atoms with van der Waals surface area (Å²) in [6.07, 6.45) is 0. The van der Waals surface area contributed by atoms with Gasteiger partial charge in [-0.3, -0.25) is 14.9 Å². The third-order valence-corrected chi connectivity index (χ3v) is 3.08. The van der Waals surface area contributed by atoms with Gasteiger partial charge in [0, 0.05) is 23.3 Å². The number of nitro groups is 1. The summed E-state index contributed by atoms with van der Waals surface area (Å²) < 4.78 is 5.43. The van der Waals surface area contributed by atoms with Gasteiger partial charge < -0.3 is 4.74 Å². The molecule has 0 fully saturated rings. The van der Waals surface area contributed by atoms with E-state index in [1.54, 1.807) is 18.2 Å². The van der Waals surface area contributed by atoms with Crippen LogP contribution in [0.1, 0.15) is 28.4 Å². The maximum absolute atomic E-state index is 12.3. The van der Waals surface area contributed by atoms with Gasteiger partial charge in [-0.15, -0.1) is 0 Å². The maximum Gasteiger partial charge on any atom is 0.269 e. The van der Waals surface area contributed by atoms with Gasteiger partial charge in [0.2, 0.25) is 0 Å². The standard InChI is InChI=1S/C16H15NO4/c1-3-21-15-9-6-13(10-11(15)2)16(18)12-4-7-14(8-5-12)17(19)20/h4-10H,3H2,1-2H3. The third kappa shape index (κ3) is 3.25. The number of carbonyl (C=O) groups is 1. The molecular formula is C16H15NO4. The average molecular weight is 285 g/mol. The number of nitro benzene ring substituents is 1. The quantitative estimate of drug-likeness (QED) is 0.478. The Labute approximate surface area is 122 Å². The second-order valence-electron chi connectivity index (χ2n) is 4.55. The van der Waals surface area contributed by atoms with E-state index < -0.39 is 4.92 Å². The molecule has 0 spiro atoms. The Bertz CT molecular complexity index is 677. The van der Waals surface area contributed by atoms with Crippen LogP contribution in [-0.4, -0.2) is 17.3 Å². The van der Waals surface area contributed by atoms with Gasteiger partial charge in [0.15, 0.2) is 5.78 Å². The number of ether oxygens (including phenoxy) is 1. The summed E-state index contributed by atoms with van der Waals surface area (Å²) in [5.74, 6) is 0.578. The minimum absolute atomic E-state index is 0.0329. The molecule has 0 bridgehead atoms. The Balaban J connectivity index is 2.27. The van der Waals surface area contributed by atoms with Crippen LogP contribution in [0.4, 0.5) is 5.69 Å². The molecule has 5 nitrogen and oxygen atoms in total. The molecule has 21 heavy (non-hydrogen) atoms. The monoisotopic (exact) mass is 285 g/mol. The Morgan fingerprint density at radius 2 is 1.76 bits per heavy atom. The number of nitrogens with zero attached hydrogens (tertiary/aromatic N) is 1. The summed E-state index contributed by atoms with van der Waals surface area (Å²) in [6, 6.07) is 10.8. The first-order valence-electron chi connectivity index (χ1n) is 6.55. The highest BCUT2D eigenvalue weighted by Crippen LogP contribution is 2.21. The molecule has 2 aromatic rings. The normalized spacial score (nSPS) is 10.2. The van der Waals surface area contributed by atoms with E-state index in [9.17, 15) is 14.9 Å². The first-order chi connectivity index (χ1) is 10.0. The van der Waals surface area contributed by atoms with E-state index in [-0.39, 0.29) is 11.5 Å². The Morgan fingerprint density at radius 1 is 1.14 bits per heavy atom. The summed E-state index contributed by atoms with van der Waals surface area (Å²) in [6.45, 7) is 4.34. The Hall–Kier alpha value is -2.69. The summed E-state index contributed by atoms with van der Waals surface area (Å²) in [5.41, 5.74) is 1.80. The molecular weight excluding hydrogens is 270 g/mol. The van der Waals surface area contributed by atoms with Gasteiger partial charge >= 0.3 is 0 Å². The Morgan fingerprint density at radius 3 is 2.29 bits per heavy atom. The van der Waals surface area contributed by atoms with E-state index in [1.165, 1.54) is 24.3 Å². The van der Waals surface area contributed by atoms with Gasteiger partial charge in [0.05, 0.1) is 11.5 Å². The van der Waals surface area contributed by atoms with Crippen molar-refractivity contribution < 1.29 is 14.5 Å². The lowest BCUT2D eigenvalue weighted by molar-refractivity contribution is -0.384. The highest BCUT2D eigenvalue weighted by molar-refractivity contribution is 6.09. The van der Waals surface area contributed by atoms with Crippen molar-refractivity contribution in [2.75, 3.05) is 6.61 Å². The molecule has 0 radical (unpaired) electrons. The molecule has 0 saturated heterocycles. The van der Waals surface area contributed by atoms with Crippen molar-refractivity contribution in [2.45, 2.75) is 13.8 Å². The van der Waals surface area contributed by atoms with Crippen LogP contribution in [0, 0.1) is 17.0 Å². The topological polar surface area (TPSA) is 69.4 Å². The molecule has 0 aliphatic carbocycles. The number of non-ortho nitro benzene ring substituents is 1. The fraction of sp³-hybridized carbons (Fsp3) is 0.188. The summed E-state index contributed by atoms with van der Waals surface area (Å²) in [5, 5.41) is 10.6. The number of ketones is 1. The number of benzene rings is 2. The minimum Gasteiger partial charge on any atom is -0.494 e. The lowest BCUT2D eigenvalue weighted by atomic mass is 10.0. The average Bonchev–Trinajstić information content (AvgIpc) is 2.49. The van der Waals surface area contributed by atoms with Gasteiger partial charge in [-0.05, 0) is 49.7 Å². The summed E-state index contributed by atoms with van der Waals surface area (Å²) in [7, 11) is 0. The molecule has 0 saturated carbocycles. The molecule has 0 aliphatic rings. The van der Waals surface area contributed by atoms with Gasteiger partial charge in [-0.25, -0.2) is 0 Å². The predicted octanol–water partition coefficient (Wildman–Crippen LogP) is 3.53. The van der Waals surface area contributed by atoms with E-state index in [0.29, 0.717) is 17.7 Å². The molecule has 0 aliphatic heterocycles. The molecule has 0 unspecified atom stereocenters. The van der Waals surface area contributed by atoms with Gasteiger partial charge in [-0.1, -0.05) is 0 Å². The Kier molecular flexibility index (Phi) is 4.33. The zero-order chi connectivity index (χ0) is 15.4. The highest BCUT2D eigenvalue weighted by Gasteiger charge is 2.13. The lowest BCUT2D eigenvalue weighted by Gasteiger charge is -2.08. The van der Waals surface area contributed by atoms with E-state index in [4.69, 9.17) is 4.74 Å². The minimum atomic E-state index is -0.491. The van der Waals surface area contributed by atoms with Crippen LogP contribution in [-0.2, 0) is 0 Å². The molecule has 108 valence electrons. The van der Waals surface area contributed by atoms with Crippen molar-refractivity contribution in [3.63, 3.8) is 0 Å². The number of rotatable bonds is 5. The van der Waals surface area contributed by atoms with Crippen LogP contribution in [0.3, 0.4) is 0 Å². The molecule has 0 N–H and O–H groups in total. The van der Waals surface area contributed by atoms with Crippen LogP contribution in [0.25, 0.3) is 0 Å². The van der Waals surface area contributed by atoms with Crippen molar-refractivity contribution >= 4 is 11.5 Å². The predicted molar refractivity (Wildman–Crippen MR) is 78.9 cm³/mol. The van der Waals surface area contributed by atoms with E-state index in [0.717, 1.165) is 11.3 Å². The smallest absolute Gasteiger partial charge is 0.269 e. The summed E-state index contributed by atoms with van der Waals surface area (Å²) in [4.78, 5) is 22.4. The number of hydrogen-bond acceptors (Lipinski definition) is 4. The van der Waals surface area contributed by atoms with Gasteiger partial charge in [0.25, 0.3) is 5.69 Å². The number of carbonyl (C=O) groups excluding carboxylic acids is 1. The summed E-state index contributed by atoms with van der Waals surface area (Å²) >= 11 is 0. The zero-order valence-corrected chi connectivity index (χ0v) is 11.8. The van der Waals surface area contributed by atoms with Gasteiger partial charge in [0.1, 0.15) is 5.75 Å². The van der Waals surface area contributed by atoms with Crippen LogP contribution in [0.15, 0.2) is 42.5 Å². The fourth-order valence-electron chi connectivity index (χ4n) is 2.01. The highest BCUT2D eigenvalue weighted by atomic mass is 16.6. The molecule has 0 aromatic heterocycles. The van der Waals surface area contributed by atoms with Crippen molar-refractivity contribution in [1.82, 2.24) is 0 Å². The van der Waals surface area contributed by atoms with Gasteiger partial charge in [-0.2, -0.15) is 0 Å². The molecule has 0 amide bonds. The molecule has 2 rings (SSSR count). The second kappa shape index (κ2) is 6.17. The first kappa shape index (κ1) is 14.7. The van der Waals surface area contributed by atoms with Crippen molar-refractivity contribution in [3.8, 4) is 5.75 Å². The van der Waals surface area contributed by atoms with Crippen LogP contribution in [0.5, 0.6) is 5.75 Å². The van der Waals surface area contributed by atoms with Crippen LogP contribution in [0.2, 0.25) is 0 Å². The molecule has 0 atom stereocenters. The zero-order valence-electron chi connectivity index (χ0n) is 11.8. The van der Waals surface area contributed by atoms with Crippen molar-refractivity contribution in [3.05, 3.63) is 69.3 Å². The van der Waals surface area contributed by atoms with Crippen LogP contribution >= 0.6 is 0 Å². The lowest BCUT2D eigenvalue weighted by Crippen LogP contribution is -2.03. The SMILES string of the molecule is CCOc1ccc(C(=O)c2ccc([N+](=O)[O-])cc2)cc1C.